The van der Waals surface area contributed by atoms with E-state index in [9.17, 15) is 14.0 Å². The molecule has 0 aliphatic carbocycles. The van der Waals surface area contributed by atoms with Crippen LogP contribution in [0.2, 0.25) is 5.02 Å². The molecule has 2 amide bonds. The molecule has 0 atom stereocenters. The highest BCUT2D eigenvalue weighted by atomic mass is 35.5. The van der Waals surface area contributed by atoms with Gasteiger partial charge in [0.15, 0.2) is 0 Å². The van der Waals surface area contributed by atoms with Crippen LogP contribution in [-0.2, 0) is 9.59 Å². The quantitative estimate of drug-likeness (QED) is 0.471. The molecule has 0 radical (unpaired) electrons. The normalized spacial score (nSPS) is 13.7. The summed E-state index contributed by atoms with van der Waals surface area (Å²) in [4.78, 5) is 27.7. The topological polar surface area (TPSA) is 58.6 Å². The van der Waals surface area contributed by atoms with E-state index in [2.05, 4.69) is 5.32 Å². The zero-order valence-electron chi connectivity index (χ0n) is 17.3. The molecule has 3 aromatic carbocycles. The minimum absolute atomic E-state index is 0.120. The lowest BCUT2D eigenvalue weighted by atomic mass is 10.0. The standard InChI is InChI=1S/C25H20ClFN2O3/c1-2-14-32-21-5-3-4-19(15-21)28-23-22(16-6-8-17(26)9-7-16)24(30)29(25(23)31)20-12-10-18(27)11-13-20/h3-13,15,28H,2,14H2,1H3. The van der Waals surface area contributed by atoms with Crippen LogP contribution in [0.3, 0.4) is 0 Å². The first-order valence-electron chi connectivity index (χ1n) is 10.1. The molecular formula is C25H20ClFN2O3. The summed E-state index contributed by atoms with van der Waals surface area (Å²) in [5, 5.41) is 3.60. The third kappa shape index (κ3) is 4.36. The lowest BCUT2D eigenvalue weighted by Crippen LogP contribution is -2.32. The van der Waals surface area contributed by atoms with Crippen molar-refractivity contribution in [1.82, 2.24) is 0 Å². The summed E-state index contributed by atoms with van der Waals surface area (Å²) in [6.07, 6.45) is 0.864. The number of amides is 2. The van der Waals surface area contributed by atoms with Gasteiger partial charge in [-0.3, -0.25) is 9.59 Å². The van der Waals surface area contributed by atoms with E-state index in [1.807, 2.05) is 13.0 Å². The first kappa shape index (κ1) is 21.6. The molecule has 162 valence electrons. The summed E-state index contributed by atoms with van der Waals surface area (Å²) < 4.78 is 19.1. The first-order valence-corrected chi connectivity index (χ1v) is 10.5. The lowest BCUT2D eigenvalue weighted by molar-refractivity contribution is -0.120. The number of nitrogens with zero attached hydrogens (tertiary/aromatic N) is 1. The molecule has 5 nitrogen and oxygen atoms in total. The molecule has 0 unspecified atom stereocenters. The number of carbonyl (C=O) groups is 2. The number of ether oxygens (including phenoxy) is 1. The SMILES string of the molecule is CCCOc1cccc(NC2=C(c3ccc(Cl)cc3)C(=O)N(c3ccc(F)cc3)C2=O)c1. The molecule has 7 heteroatoms. The van der Waals surface area contributed by atoms with Gasteiger partial charge in [0.2, 0.25) is 0 Å². The summed E-state index contributed by atoms with van der Waals surface area (Å²) in [6, 6.07) is 19.0. The predicted octanol–water partition coefficient (Wildman–Crippen LogP) is 5.66. The summed E-state index contributed by atoms with van der Waals surface area (Å²) in [5.74, 6) is -0.852. The first-order chi connectivity index (χ1) is 15.5. The number of imide groups is 1. The van der Waals surface area contributed by atoms with Crippen molar-refractivity contribution in [3.63, 3.8) is 0 Å². The maximum absolute atomic E-state index is 13.4. The third-order valence-corrected chi connectivity index (χ3v) is 5.13. The van der Waals surface area contributed by atoms with Crippen molar-refractivity contribution in [3.05, 3.63) is 94.9 Å². The van der Waals surface area contributed by atoms with E-state index in [1.54, 1.807) is 42.5 Å². The smallest absolute Gasteiger partial charge is 0.282 e. The largest absolute Gasteiger partial charge is 0.494 e. The Morgan fingerprint density at radius 1 is 0.969 bits per heavy atom. The van der Waals surface area contributed by atoms with E-state index in [0.29, 0.717) is 28.6 Å². The van der Waals surface area contributed by atoms with Crippen LogP contribution >= 0.6 is 11.6 Å². The number of hydrogen-bond donors (Lipinski definition) is 1. The maximum Gasteiger partial charge on any atom is 0.282 e. The monoisotopic (exact) mass is 450 g/mol. The van der Waals surface area contributed by atoms with Gasteiger partial charge in [0, 0.05) is 16.8 Å². The molecule has 1 heterocycles. The number of benzene rings is 3. The van der Waals surface area contributed by atoms with Gasteiger partial charge in [0.1, 0.15) is 17.3 Å². The summed E-state index contributed by atoms with van der Waals surface area (Å²) in [5.41, 5.74) is 1.75. The lowest BCUT2D eigenvalue weighted by Gasteiger charge is -2.15. The Morgan fingerprint density at radius 2 is 1.69 bits per heavy atom. The van der Waals surface area contributed by atoms with Gasteiger partial charge in [-0.25, -0.2) is 9.29 Å². The zero-order valence-corrected chi connectivity index (χ0v) is 18.0. The molecule has 0 aromatic heterocycles. The van der Waals surface area contributed by atoms with Crippen molar-refractivity contribution in [3.8, 4) is 5.75 Å². The Balaban J connectivity index is 1.75. The van der Waals surface area contributed by atoms with Gasteiger partial charge in [-0.2, -0.15) is 0 Å². The molecule has 0 bridgehead atoms. The predicted molar refractivity (Wildman–Crippen MR) is 123 cm³/mol. The summed E-state index contributed by atoms with van der Waals surface area (Å²) in [6.45, 7) is 2.58. The van der Waals surface area contributed by atoms with Crippen molar-refractivity contribution >= 4 is 40.4 Å². The molecule has 1 aliphatic rings. The number of nitrogens with one attached hydrogen (secondary N) is 1. The van der Waals surface area contributed by atoms with Crippen LogP contribution < -0.4 is 15.0 Å². The molecular weight excluding hydrogens is 431 g/mol. The molecule has 3 aromatic rings. The average molecular weight is 451 g/mol. The van der Waals surface area contributed by atoms with E-state index in [1.165, 1.54) is 24.3 Å². The third-order valence-electron chi connectivity index (χ3n) is 4.88. The highest BCUT2D eigenvalue weighted by Crippen LogP contribution is 2.34. The van der Waals surface area contributed by atoms with Gasteiger partial charge in [0.25, 0.3) is 11.8 Å². The van der Waals surface area contributed by atoms with Crippen molar-refractivity contribution in [2.45, 2.75) is 13.3 Å². The second kappa shape index (κ2) is 9.24. The Kier molecular flexibility index (Phi) is 6.23. The number of carbonyl (C=O) groups excluding carboxylic acids is 2. The van der Waals surface area contributed by atoms with E-state index >= 15 is 0 Å². The van der Waals surface area contributed by atoms with Gasteiger partial charge < -0.3 is 10.1 Å². The Hall–Kier alpha value is -3.64. The van der Waals surface area contributed by atoms with E-state index in [0.717, 1.165) is 11.3 Å². The van der Waals surface area contributed by atoms with Crippen LogP contribution in [0, 0.1) is 5.82 Å². The van der Waals surface area contributed by atoms with Gasteiger partial charge in [0.05, 0.1) is 17.9 Å². The molecule has 0 saturated heterocycles. The molecule has 1 N–H and O–H groups in total. The molecule has 0 spiro atoms. The maximum atomic E-state index is 13.4. The van der Waals surface area contributed by atoms with Crippen LogP contribution in [0.5, 0.6) is 5.75 Å². The van der Waals surface area contributed by atoms with Crippen LogP contribution in [0.15, 0.2) is 78.5 Å². The molecule has 0 saturated carbocycles. The fraction of sp³-hybridized carbons (Fsp3) is 0.120. The van der Waals surface area contributed by atoms with Crippen molar-refractivity contribution < 1.29 is 18.7 Å². The highest BCUT2D eigenvalue weighted by Gasteiger charge is 2.40. The van der Waals surface area contributed by atoms with Gasteiger partial charge in [-0.15, -0.1) is 0 Å². The van der Waals surface area contributed by atoms with Gasteiger partial charge >= 0.3 is 0 Å². The summed E-state index contributed by atoms with van der Waals surface area (Å²) >= 11 is 6.00. The van der Waals surface area contributed by atoms with Gasteiger partial charge in [-0.05, 0) is 60.5 Å². The van der Waals surface area contributed by atoms with Gasteiger partial charge in [-0.1, -0.05) is 36.7 Å². The number of hydrogen-bond acceptors (Lipinski definition) is 4. The van der Waals surface area contributed by atoms with Crippen molar-refractivity contribution in [2.24, 2.45) is 0 Å². The Bertz CT molecular complexity index is 1190. The number of rotatable bonds is 7. The van der Waals surface area contributed by atoms with E-state index < -0.39 is 17.6 Å². The summed E-state index contributed by atoms with van der Waals surface area (Å²) in [7, 11) is 0. The van der Waals surface area contributed by atoms with Crippen molar-refractivity contribution in [2.75, 3.05) is 16.8 Å². The number of anilines is 2. The minimum Gasteiger partial charge on any atom is -0.494 e. The molecule has 0 fully saturated rings. The fourth-order valence-corrected chi connectivity index (χ4v) is 3.51. The second-order valence-corrected chi connectivity index (χ2v) is 7.62. The Labute approximate surface area is 190 Å². The van der Waals surface area contributed by atoms with Crippen LogP contribution in [0.4, 0.5) is 15.8 Å². The van der Waals surface area contributed by atoms with E-state index in [-0.39, 0.29) is 17.0 Å². The molecule has 1 aliphatic heterocycles. The Morgan fingerprint density at radius 3 is 2.38 bits per heavy atom. The molecule has 4 rings (SSSR count). The number of halogens is 2. The van der Waals surface area contributed by atoms with Crippen molar-refractivity contribution in [1.29, 1.82) is 0 Å². The van der Waals surface area contributed by atoms with Crippen LogP contribution in [-0.4, -0.2) is 18.4 Å². The average Bonchev–Trinajstić information content (AvgIpc) is 3.03. The van der Waals surface area contributed by atoms with Crippen LogP contribution in [0.25, 0.3) is 5.57 Å². The second-order valence-electron chi connectivity index (χ2n) is 7.18. The van der Waals surface area contributed by atoms with E-state index in [4.69, 9.17) is 16.3 Å². The zero-order chi connectivity index (χ0) is 22.7. The fourth-order valence-electron chi connectivity index (χ4n) is 3.38. The molecule has 32 heavy (non-hydrogen) atoms. The highest BCUT2D eigenvalue weighted by molar-refractivity contribution is 6.46. The minimum atomic E-state index is -0.536. The van der Waals surface area contributed by atoms with Crippen LogP contribution in [0.1, 0.15) is 18.9 Å².